The first kappa shape index (κ1) is 53.8. The second-order valence-corrected chi connectivity index (χ2v) is 16.1. The smallest absolute Gasteiger partial charge is 0.305 e. The van der Waals surface area contributed by atoms with Crippen LogP contribution in [0, 0.1) is 0 Å². The molecule has 0 radical (unpaired) electrons. The molecule has 6 nitrogen and oxygen atoms in total. The summed E-state index contributed by atoms with van der Waals surface area (Å²) < 4.78 is 5.43. The van der Waals surface area contributed by atoms with Crippen molar-refractivity contribution in [2.75, 3.05) is 13.2 Å². The summed E-state index contributed by atoms with van der Waals surface area (Å²) >= 11 is 0. The lowest BCUT2D eigenvalue weighted by atomic mass is 10.1. The highest BCUT2D eigenvalue weighted by Crippen LogP contribution is 2.13. The molecule has 0 bridgehead atoms. The van der Waals surface area contributed by atoms with Gasteiger partial charge in [-0.1, -0.05) is 178 Å². The van der Waals surface area contributed by atoms with E-state index >= 15 is 0 Å². The van der Waals surface area contributed by atoms with Crippen LogP contribution in [0.15, 0.2) is 48.6 Å². The van der Waals surface area contributed by atoms with Crippen molar-refractivity contribution < 1.29 is 24.5 Å². The summed E-state index contributed by atoms with van der Waals surface area (Å²) in [5.41, 5.74) is 0. The van der Waals surface area contributed by atoms with Gasteiger partial charge in [-0.2, -0.15) is 0 Å². The lowest BCUT2D eigenvalue weighted by Crippen LogP contribution is -2.45. The average molecular weight is 786 g/mol. The summed E-state index contributed by atoms with van der Waals surface area (Å²) in [5.74, 6) is -0.155. The number of carbonyl (C=O) groups is 2. The summed E-state index contributed by atoms with van der Waals surface area (Å²) in [6.45, 7) is 4.76. The zero-order valence-electron chi connectivity index (χ0n) is 36.8. The highest BCUT2D eigenvalue weighted by molar-refractivity contribution is 5.76. The summed E-state index contributed by atoms with van der Waals surface area (Å²) in [6, 6.07) is -0.653. The van der Waals surface area contributed by atoms with Gasteiger partial charge in [0.25, 0.3) is 0 Å². The molecule has 6 heteroatoms. The van der Waals surface area contributed by atoms with Gasteiger partial charge in [-0.3, -0.25) is 9.59 Å². The number of nitrogens with one attached hydrogen (secondary N) is 1. The summed E-state index contributed by atoms with van der Waals surface area (Å²) in [7, 11) is 0. The standard InChI is InChI=1S/C50H91NO5/c1-3-5-7-9-11-13-15-17-18-19-20-21-23-28-32-36-40-44-50(55)56-45-41-37-33-29-25-24-27-31-35-39-43-49(54)51-47(46-52)48(53)42-38-34-30-26-22-16-14-12-10-8-6-4-2/h11,13,17-18,25,29,38,42,47-48,52-53H,3-10,12,14-16,19-24,26-28,30-37,39-41,43-46H2,1-2H3,(H,51,54)/b13-11-,18-17-,29-25-,42-38+. The van der Waals surface area contributed by atoms with E-state index in [1.54, 1.807) is 6.08 Å². The van der Waals surface area contributed by atoms with Gasteiger partial charge in [0.05, 0.1) is 25.4 Å². The maximum Gasteiger partial charge on any atom is 0.305 e. The second kappa shape index (κ2) is 45.5. The quantitative estimate of drug-likeness (QED) is 0.0325. The second-order valence-electron chi connectivity index (χ2n) is 16.1. The predicted octanol–water partition coefficient (Wildman–Crippen LogP) is 13.9. The fraction of sp³-hybridized carbons (Fsp3) is 0.800. The molecule has 2 unspecified atom stereocenters. The maximum atomic E-state index is 12.4. The van der Waals surface area contributed by atoms with Crippen molar-refractivity contribution in [3.63, 3.8) is 0 Å². The van der Waals surface area contributed by atoms with Gasteiger partial charge in [0.2, 0.25) is 5.91 Å². The Kier molecular flexibility index (Phi) is 43.7. The van der Waals surface area contributed by atoms with Crippen LogP contribution in [0.4, 0.5) is 0 Å². The molecule has 0 saturated heterocycles. The number of rotatable bonds is 43. The molecule has 1 amide bonds. The van der Waals surface area contributed by atoms with E-state index in [4.69, 9.17) is 4.74 Å². The molecule has 0 rings (SSSR count). The van der Waals surface area contributed by atoms with Crippen molar-refractivity contribution in [1.29, 1.82) is 0 Å². The van der Waals surface area contributed by atoms with Crippen LogP contribution in [-0.2, 0) is 14.3 Å². The molecule has 0 heterocycles. The fourth-order valence-corrected chi connectivity index (χ4v) is 6.83. The molecule has 0 aliphatic carbocycles. The highest BCUT2D eigenvalue weighted by atomic mass is 16.5. The monoisotopic (exact) mass is 786 g/mol. The minimum Gasteiger partial charge on any atom is -0.466 e. The molecule has 56 heavy (non-hydrogen) atoms. The number of hydrogen-bond acceptors (Lipinski definition) is 5. The van der Waals surface area contributed by atoms with E-state index in [-0.39, 0.29) is 18.5 Å². The van der Waals surface area contributed by atoms with Crippen LogP contribution in [0.25, 0.3) is 0 Å². The van der Waals surface area contributed by atoms with Gasteiger partial charge >= 0.3 is 5.97 Å². The number of aliphatic hydroxyl groups is 2. The van der Waals surface area contributed by atoms with E-state index < -0.39 is 12.1 Å². The van der Waals surface area contributed by atoms with Crippen molar-refractivity contribution in [1.82, 2.24) is 5.32 Å². The molecule has 3 N–H and O–H groups in total. The zero-order chi connectivity index (χ0) is 40.8. The van der Waals surface area contributed by atoms with Gasteiger partial charge in [0.15, 0.2) is 0 Å². The Morgan fingerprint density at radius 2 is 0.893 bits per heavy atom. The van der Waals surface area contributed by atoms with Crippen molar-refractivity contribution in [2.24, 2.45) is 0 Å². The number of allylic oxidation sites excluding steroid dienone is 7. The van der Waals surface area contributed by atoms with Gasteiger partial charge < -0.3 is 20.3 Å². The number of carbonyl (C=O) groups excluding carboxylic acids is 2. The summed E-state index contributed by atoms with van der Waals surface area (Å²) in [6.07, 6.45) is 55.3. The minimum atomic E-state index is -0.866. The molecule has 0 saturated carbocycles. The third kappa shape index (κ3) is 41.5. The van der Waals surface area contributed by atoms with E-state index in [2.05, 4.69) is 55.6 Å². The van der Waals surface area contributed by atoms with Gasteiger partial charge in [-0.25, -0.2) is 0 Å². The van der Waals surface area contributed by atoms with Crippen molar-refractivity contribution in [3.05, 3.63) is 48.6 Å². The van der Waals surface area contributed by atoms with Crippen molar-refractivity contribution in [3.8, 4) is 0 Å². The molecule has 0 aromatic rings. The van der Waals surface area contributed by atoms with Crippen LogP contribution in [0.2, 0.25) is 0 Å². The Labute approximate surface area is 346 Å². The molecule has 0 aromatic heterocycles. The van der Waals surface area contributed by atoms with E-state index in [0.717, 1.165) is 83.5 Å². The molecular weight excluding hydrogens is 695 g/mol. The van der Waals surface area contributed by atoms with E-state index in [1.807, 2.05) is 6.08 Å². The SMILES string of the molecule is CCCCC/C=C\C/C=C\CCCCCCCCCC(=O)OCCCC/C=C\CCCCCCC(=O)NC(CO)C(O)/C=C/CCCCCCCCCCCC. The Morgan fingerprint density at radius 3 is 1.41 bits per heavy atom. The minimum absolute atomic E-state index is 0.0476. The lowest BCUT2D eigenvalue weighted by Gasteiger charge is -2.20. The molecule has 0 spiro atoms. The molecule has 0 fully saturated rings. The third-order valence-corrected chi connectivity index (χ3v) is 10.6. The fourth-order valence-electron chi connectivity index (χ4n) is 6.83. The number of hydrogen-bond donors (Lipinski definition) is 3. The Morgan fingerprint density at radius 1 is 0.500 bits per heavy atom. The molecular formula is C50H91NO5. The Bertz CT molecular complexity index is 957. The van der Waals surface area contributed by atoms with Crippen LogP contribution >= 0.6 is 0 Å². The predicted molar refractivity (Wildman–Crippen MR) is 241 cm³/mol. The largest absolute Gasteiger partial charge is 0.466 e. The Balaban J connectivity index is 3.57. The molecule has 0 aliphatic heterocycles. The maximum absolute atomic E-state index is 12.4. The van der Waals surface area contributed by atoms with Crippen LogP contribution < -0.4 is 5.32 Å². The topological polar surface area (TPSA) is 95.9 Å². The lowest BCUT2D eigenvalue weighted by molar-refractivity contribution is -0.143. The van der Waals surface area contributed by atoms with E-state index in [1.165, 1.54) is 122 Å². The number of esters is 1. The molecule has 326 valence electrons. The van der Waals surface area contributed by atoms with Crippen LogP contribution in [0.5, 0.6) is 0 Å². The van der Waals surface area contributed by atoms with Crippen LogP contribution in [0.1, 0.15) is 232 Å². The van der Waals surface area contributed by atoms with Crippen LogP contribution in [-0.4, -0.2) is 47.4 Å². The van der Waals surface area contributed by atoms with E-state index in [0.29, 0.717) is 19.4 Å². The van der Waals surface area contributed by atoms with Gasteiger partial charge in [-0.05, 0) is 89.9 Å². The van der Waals surface area contributed by atoms with Crippen molar-refractivity contribution >= 4 is 11.9 Å². The zero-order valence-corrected chi connectivity index (χ0v) is 36.8. The average Bonchev–Trinajstić information content (AvgIpc) is 3.20. The molecule has 0 aromatic carbocycles. The van der Waals surface area contributed by atoms with Gasteiger partial charge in [0.1, 0.15) is 0 Å². The number of unbranched alkanes of at least 4 members (excludes halogenated alkanes) is 26. The summed E-state index contributed by atoms with van der Waals surface area (Å²) in [5, 5.41) is 22.9. The Hall–Kier alpha value is -2.18. The molecule has 2 atom stereocenters. The van der Waals surface area contributed by atoms with Gasteiger partial charge in [-0.15, -0.1) is 0 Å². The van der Waals surface area contributed by atoms with Crippen molar-refractivity contribution in [2.45, 2.75) is 244 Å². The van der Waals surface area contributed by atoms with E-state index in [9.17, 15) is 19.8 Å². The first-order valence-electron chi connectivity index (χ1n) is 23.9. The normalized spacial score (nSPS) is 13.1. The number of aliphatic hydroxyl groups excluding tert-OH is 2. The highest BCUT2D eigenvalue weighted by Gasteiger charge is 2.18. The van der Waals surface area contributed by atoms with Gasteiger partial charge in [0, 0.05) is 12.8 Å². The first-order chi connectivity index (χ1) is 27.5. The third-order valence-electron chi connectivity index (χ3n) is 10.6. The number of ether oxygens (including phenoxy) is 1. The molecule has 0 aliphatic rings. The first-order valence-corrected chi connectivity index (χ1v) is 23.9. The van der Waals surface area contributed by atoms with Crippen LogP contribution in [0.3, 0.4) is 0 Å². The summed E-state index contributed by atoms with van der Waals surface area (Å²) in [4.78, 5) is 24.4. The number of amides is 1.